The maximum Gasteiger partial charge on any atom is 0.285 e. The standard InChI is InChI=1S/C16H11ClFN3O3S/c17-11-5-1-4-8-15(11)25(23,24)20-16(22)13-9-21(10-19-13)14-7-3-2-6-12(14)18/h1-10H,(H,20,22). The molecule has 3 rings (SSSR count). The van der Waals surface area contributed by atoms with Crippen molar-refractivity contribution in [2.45, 2.75) is 4.90 Å². The molecule has 0 fully saturated rings. The highest BCUT2D eigenvalue weighted by Crippen LogP contribution is 2.20. The largest absolute Gasteiger partial charge is 0.303 e. The quantitative estimate of drug-likeness (QED) is 0.755. The minimum absolute atomic E-state index is 0.0142. The molecule has 1 heterocycles. The molecule has 128 valence electrons. The van der Waals surface area contributed by atoms with Gasteiger partial charge in [-0.05, 0) is 24.3 Å². The predicted molar refractivity (Wildman–Crippen MR) is 89.6 cm³/mol. The van der Waals surface area contributed by atoms with E-state index >= 15 is 0 Å². The third kappa shape index (κ3) is 3.54. The summed E-state index contributed by atoms with van der Waals surface area (Å²) in [5.41, 5.74) is 0.00175. The third-order valence-electron chi connectivity index (χ3n) is 3.30. The van der Waals surface area contributed by atoms with Crippen LogP contribution in [-0.4, -0.2) is 23.9 Å². The highest BCUT2D eigenvalue weighted by atomic mass is 35.5. The van der Waals surface area contributed by atoms with Gasteiger partial charge in [0.05, 0.1) is 10.7 Å². The molecule has 0 aliphatic carbocycles. The Bertz CT molecular complexity index is 1050. The van der Waals surface area contributed by atoms with Crippen molar-refractivity contribution in [1.29, 1.82) is 0 Å². The zero-order valence-corrected chi connectivity index (χ0v) is 14.1. The van der Waals surface area contributed by atoms with Gasteiger partial charge in [-0.1, -0.05) is 35.9 Å². The van der Waals surface area contributed by atoms with Gasteiger partial charge in [0.2, 0.25) is 0 Å². The summed E-state index contributed by atoms with van der Waals surface area (Å²) in [7, 11) is -4.16. The van der Waals surface area contributed by atoms with Gasteiger partial charge < -0.3 is 4.57 Å². The lowest BCUT2D eigenvalue weighted by atomic mass is 10.3. The molecule has 0 bridgehead atoms. The number of amides is 1. The summed E-state index contributed by atoms with van der Waals surface area (Å²) < 4.78 is 41.4. The van der Waals surface area contributed by atoms with Crippen LogP contribution in [0, 0.1) is 5.82 Å². The van der Waals surface area contributed by atoms with Crippen LogP contribution in [0.15, 0.2) is 66.0 Å². The van der Waals surface area contributed by atoms with Crippen molar-refractivity contribution in [2.24, 2.45) is 0 Å². The summed E-state index contributed by atoms with van der Waals surface area (Å²) in [5.74, 6) is -1.45. The molecule has 25 heavy (non-hydrogen) atoms. The first-order valence-electron chi connectivity index (χ1n) is 6.99. The van der Waals surface area contributed by atoms with Crippen molar-refractivity contribution in [2.75, 3.05) is 0 Å². The number of carbonyl (C=O) groups is 1. The van der Waals surface area contributed by atoms with Crippen LogP contribution in [0.4, 0.5) is 4.39 Å². The monoisotopic (exact) mass is 379 g/mol. The summed E-state index contributed by atoms with van der Waals surface area (Å²) in [6.45, 7) is 0. The lowest BCUT2D eigenvalue weighted by Crippen LogP contribution is -2.31. The number of sulfonamides is 1. The molecular weight excluding hydrogens is 369 g/mol. The van der Waals surface area contributed by atoms with E-state index in [4.69, 9.17) is 11.6 Å². The Labute approximate surface area is 147 Å². The summed E-state index contributed by atoms with van der Waals surface area (Å²) in [6, 6.07) is 11.6. The number of nitrogens with zero attached hydrogens (tertiary/aromatic N) is 2. The Morgan fingerprint density at radius 1 is 1.12 bits per heavy atom. The van der Waals surface area contributed by atoms with Crippen molar-refractivity contribution >= 4 is 27.5 Å². The predicted octanol–water partition coefficient (Wildman–Crippen LogP) is 2.78. The molecule has 1 aromatic heterocycles. The summed E-state index contributed by atoms with van der Waals surface area (Å²) in [4.78, 5) is 15.8. The second-order valence-corrected chi connectivity index (χ2v) is 7.04. The van der Waals surface area contributed by atoms with Crippen LogP contribution in [0.3, 0.4) is 0 Å². The zero-order valence-electron chi connectivity index (χ0n) is 12.6. The van der Waals surface area contributed by atoms with E-state index < -0.39 is 21.7 Å². The van der Waals surface area contributed by atoms with Crippen LogP contribution in [-0.2, 0) is 10.0 Å². The number of hydrogen-bond acceptors (Lipinski definition) is 4. The average Bonchev–Trinajstić information content (AvgIpc) is 3.05. The number of hydrogen-bond donors (Lipinski definition) is 1. The Morgan fingerprint density at radius 2 is 1.80 bits per heavy atom. The van der Waals surface area contributed by atoms with Gasteiger partial charge in [0.25, 0.3) is 15.9 Å². The number of nitrogens with one attached hydrogen (secondary N) is 1. The fraction of sp³-hybridized carbons (Fsp3) is 0. The molecule has 0 aliphatic rings. The molecule has 0 saturated carbocycles. The number of para-hydroxylation sites is 1. The van der Waals surface area contributed by atoms with Crippen LogP contribution >= 0.6 is 11.6 Å². The lowest BCUT2D eigenvalue weighted by molar-refractivity contribution is 0.0977. The van der Waals surface area contributed by atoms with Crippen molar-refractivity contribution in [1.82, 2.24) is 14.3 Å². The molecule has 0 radical (unpaired) electrons. The van der Waals surface area contributed by atoms with E-state index in [1.54, 1.807) is 12.1 Å². The maximum atomic E-state index is 13.8. The first-order valence-corrected chi connectivity index (χ1v) is 8.85. The molecule has 2 aromatic carbocycles. The summed E-state index contributed by atoms with van der Waals surface area (Å²) in [5, 5.41) is -0.0142. The number of aromatic nitrogens is 2. The van der Waals surface area contributed by atoms with Gasteiger partial charge in [-0.15, -0.1) is 0 Å². The molecule has 6 nitrogen and oxygen atoms in total. The van der Waals surface area contributed by atoms with Gasteiger partial charge in [-0.2, -0.15) is 0 Å². The number of benzene rings is 2. The molecular formula is C16H11ClFN3O3S. The smallest absolute Gasteiger partial charge is 0.285 e. The first kappa shape index (κ1) is 17.1. The van der Waals surface area contributed by atoms with Crippen LogP contribution in [0.5, 0.6) is 0 Å². The Kier molecular flexibility index (Phi) is 4.56. The van der Waals surface area contributed by atoms with Crippen molar-refractivity contribution in [3.05, 3.63) is 77.6 Å². The Balaban J connectivity index is 1.86. The average molecular weight is 380 g/mol. The van der Waals surface area contributed by atoms with Gasteiger partial charge in [-0.25, -0.2) is 22.5 Å². The van der Waals surface area contributed by atoms with E-state index in [2.05, 4.69) is 4.98 Å². The molecule has 3 aromatic rings. The van der Waals surface area contributed by atoms with Gasteiger partial charge in [0.1, 0.15) is 22.7 Å². The van der Waals surface area contributed by atoms with E-state index in [0.717, 1.165) is 0 Å². The maximum absolute atomic E-state index is 13.8. The molecule has 0 aliphatic heterocycles. The number of imidazole rings is 1. The van der Waals surface area contributed by atoms with Crippen molar-refractivity contribution in [3.8, 4) is 5.69 Å². The fourth-order valence-corrected chi connectivity index (χ4v) is 3.61. The first-order chi connectivity index (χ1) is 11.9. The summed E-state index contributed by atoms with van der Waals surface area (Å²) >= 11 is 5.85. The van der Waals surface area contributed by atoms with Crippen LogP contribution in [0.25, 0.3) is 5.69 Å². The van der Waals surface area contributed by atoms with E-state index in [1.165, 1.54) is 53.5 Å². The van der Waals surface area contributed by atoms with E-state index in [0.29, 0.717) is 0 Å². The topological polar surface area (TPSA) is 81.1 Å². The lowest BCUT2D eigenvalue weighted by Gasteiger charge is -2.07. The second kappa shape index (κ2) is 6.66. The van der Waals surface area contributed by atoms with Crippen LogP contribution < -0.4 is 4.72 Å². The summed E-state index contributed by atoms with van der Waals surface area (Å²) in [6.07, 6.45) is 2.45. The Morgan fingerprint density at radius 3 is 2.52 bits per heavy atom. The molecule has 0 spiro atoms. The fourth-order valence-electron chi connectivity index (χ4n) is 2.12. The molecule has 1 amide bonds. The number of carbonyl (C=O) groups excluding carboxylic acids is 1. The van der Waals surface area contributed by atoms with E-state index in [9.17, 15) is 17.6 Å². The normalized spacial score (nSPS) is 11.3. The molecule has 1 N–H and O–H groups in total. The van der Waals surface area contributed by atoms with Crippen molar-refractivity contribution < 1.29 is 17.6 Å². The third-order valence-corrected chi connectivity index (χ3v) is 5.13. The van der Waals surface area contributed by atoms with Gasteiger partial charge in [0.15, 0.2) is 0 Å². The Hall–Kier alpha value is -2.71. The van der Waals surface area contributed by atoms with Crippen molar-refractivity contribution in [3.63, 3.8) is 0 Å². The molecule has 9 heteroatoms. The van der Waals surface area contributed by atoms with Gasteiger partial charge in [-0.3, -0.25) is 4.79 Å². The van der Waals surface area contributed by atoms with Crippen LogP contribution in [0.2, 0.25) is 5.02 Å². The number of halogens is 2. The van der Waals surface area contributed by atoms with Gasteiger partial charge in [0, 0.05) is 6.20 Å². The van der Waals surface area contributed by atoms with Crippen LogP contribution in [0.1, 0.15) is 10.5 Å². The molecule has 0 unspecified atom stereocenters. The molecule has 0 saturated heterocycles. The second-order valence-electron chi connectivity index (χ2n) is 4.98. The number of rotatable bonds is 4. The zero-order chi connectivity index (χ0) is 18.0. The molecule has 0 atom stereocenters. The van der Waals surface area contributed by atoms with E-state index in [1.807, 2.05) is 4.72 Å². The van der Waals surface area contributed by atoms with Gasteiger partial charge >= 0.3 is 0 Å². The van der Waals surface area contributed by atoms with E-state index in [-0.39, 0.29) is 21.3 Å². The minimum Gasteiger partial charge on any atom is -0.303 e. The highest BCUT2D eigenvalue weighted by molar-refractivity contribution is 7.90. The SMILES string of the molecule is O=C(NS(=O)(=O)c1ccccc1Cl)c1cn(-c2ccccc2F)cn1. The highest BCUT2D eigenvalue weighted by Gasteiger charge is 2.22. The minimum atomic E-state index is -4.16.